The third-order valence-corrected chi connectivity index (χ3v) is 3.34. The maximum atomic E-state index is 6.12. The summed E-state index contributed by atoms with van der Waals surface area (Å²) < 4.78 is 5.42. The molecule has 0 spiro atoms. The largest absolute Gasteiger partial charge is 0.494 e. The molecule has 0 bridgehead atoms. The minimum Gasteiger partial charge on any atom is -0.494 e. The van der Waals surface area contributed by atoms with Gasteiger partial charge in [0.15, 0.2) is 0 Å². The highest BCUT2D eigenvalue weighted by Gasteiger charge is 2.21. The lowest BCUT2D eigenvalue weighted by Gasteiger charge is -2.30. The summed E-state index contributed by atoms with van der Waals surface area (Å²) in [5, 5.41) is 3.52. The number of nitrogens with two attached hydrogens (primary N) is 1. The van der Waals surface area contributed by atoms with Crippen LogP contribution in [0, 0.1) is 0 Å². The molecule has 3 nitrogen and oxygen atoms in total. The molecule has 94 valence electrons. The van der Waals surface area contributed by atoms with E-state index >= 15 is 0 Å². The Balaban J connectivity index is 1.93. The Morgan fingerprint density at radius 3 is 2.59 bits per heavy atom. The van der Waals surface area contributed by atoms with Crippen LogP contribution in [0.1, 0.15) is 32.6 Å². The van der Waals surface area contributed by atoms with Crippen LogP contribution in [0.2, 0.25) is 0 Å². The predicted molar refractivity (Wildman–Crippen MR) is 71.5 cm³/mol. The average molecular weight is 234 g/mol. The Hall–Kier alpha value is -1.22. The Labute approximate surface area is 103 Å². The number of rotatable bonds is 4. The lowest BCUT2D eigenvalue weighted by atomic mass is 9.91. The molecule has 0 radical (unpaired) electrons. The zero-order valence-corrected chi connectivity index (χ0v) is 10.5. The molecule has 0 aromatic heterocycles. The molecule has 0 heterocycles. The van der Waals surface area contributed by atoms with Crippen molar-refractivity contribution >= 4 is 5.69 Å². The minimum atomic E-state index is 0.287. The lowest BCUT2D eigenvalue weighted by molar-refractivity contribution is 0.340. The van der Waals surface area contributed by atoms with Gasteiger partial charge >= 0.3 is 0 Å². The molecule has 1 fully saturated rings. The van der Waals surface area contributed by atoms with Crippen molar-refractivity contribution < 1.29 is 4.74 Å². The summed E-state index contributed by atoms with van der Waals surface area (Å²) in [6.45, 7) is 2.70. The minimum absolute atomic E-state index is 0.287. The third kappa shape index (κ3) is 3.37. The molecule has 1 saturated carbocycles. The topological polar surface area (TPSA) is 47.3 Å². The normalized spacial score (nSPS) is 24.4. The van der Waals surface area contributed by atoms with E-state index in [0.717, 1.165) is 17.9 Å². The maximum absolute atomic E-state index is 6.12. The fraction of sp³-hybridized carbons (Fsp3) is 0.571. The average Bonchev–Trinajstić information content (AvgIpc) is 2.35. The van der Waals surface area contributed by atoms with Gasteiger partial charge in [0.05, 0.1) is 6.61 Å². The van der Waals surface area contributed by atoms with E-state index in [9.17, 15) is 0 Å². The van der Waals surface area contributed by atoms with Gasteiger partial charge in [0.2, 0.25) is 0 Å². The van der Waals surface area contributed by atoms with Crippen LogP contribution < -0.4 is 15.8 Å². The van der Waals surface area contributed by atoms with E-state index in [4.69, 9.17) is 10.5 Å². The van der Waals surface area contributed by atoms with Gasteiger partial charge < -0.3 is 15.8 Å². The first-order valence-corrected chi connectivity index (χ1v) is 6.54. The molecule has 3 N–H and O–H groups in total. The van der Waals surface area contributed by atoms with Crippen LogP contribution >= 0.6 is 0 Å². The molecule has 2 rings (SSSR count). The number of hydrogen-bond donors (Lipinski definition) is 2. The third-order valence-electron chi connectivity index (χ3n) is 3.34. The van der Waals surface area contributed by atoms with Crippen molar-refractivity contribution in [3.05, 3.63) is 24.3 Å². The predicted octanol–water partition coefficient (Wildman–Crippen LogP) is 2.77. The summed E-state index contributed by atoms with van der Waals surface area (Å²) in [5.74, 6) is 0.922. The SMILES string of the molecule is CCOc1ccc(N[C@H]2CCCC[C@@H]2N)cc1. The number of hydrogen-bond acceptors (Lipinski definition) is 3. The van der Waals surface area contributed by atoms with Crippen LogP contribution in [-0.2, 0) is 0 Å². The fourth-order valence-electron chi connectivity index (χ4n) is 2.37. The number of anilines is 1. The van der Waals surface area contributed by atoms with Gasteiger partial charge in [0.25, 0.3) is 0 Å². The van der Waals surface area contributed by atoms with Crippen LogP contribution in [0.3, 0.4) is 0 Å². The van der Waals surface area contributed by atoms with Gasteiger partial charge in [-0.1, -0.05) is 12.8 Å². The second-order valence-electron chi connectivity index (χ2n) is 4.66. The van der Waals surface area contributed by atoms with Gasteiger partial charge in [-0.2, -0.15) is 0 Å². The second-order valence-corrected chi connectivity index (χ2v) is 4.66. The first-order valence-electron chi connectivity index (χ1n) is 6.54. The van der Waals surface area contributed by atoms with Gasteiger partial charge in [-0.3, -0.25) is 0 Å². The van der Waals surface area contributed by atoms with Gasteiger partial charge in [-0.05, 0) is 44.0 Å². The Bertz CT molecular complexity index is 337. The zero-order valence-electron chi connectivity index (χ0n) is 10.5. The molecule has 1 aromatic rings. The first-order chi connectivity index (χ1) is 8.29. The zero-order chi connectivity index (χ0) is 12.1. The van der Waals surface area contributed by atoms with E-state index < -0.39 is 0 Å². The van der Waals surface area contributed by atoms with Crippen LogP contribution in [0.15, 0.2) is 24.3 Å². The Kier molecular flexibility index (Phi) is 4.26. The van der Waals surface area contributed by atoms with Gasteiger partial charge in [-0.15, -0.1) is 0 Å². The molecule has 0 unspecified atom stereocenters. The molecule has 3 heteroatoms. The van der Waals surface area contributed by atoms with E-state index in [1.54, 1.807) is 0 Å². The summed E-state index contributed by atoms with van der Waals surface area (Å²) in [7, 11) is 0. The molecule has 2 atom stereocenters. The highest BCUT2D eigenvalue weighted by atomic mass is 16.5. The van der Waals surface area contributed by atoms with Crippen molar-refractivity contribution in [2.24, 2.45) is 5.73 Å². The second kappa shape index (κ2) is 5.92. The van der Waals surface area contributed by atoms with E-state index in [1.165, 1.54) is 19.3 Å². The number of nitrogens with one attached hydrogen (secondary N) is 1. The van der Waals surface area contributed by atoms with E-state index in [0.29, 0.717) is 12.6 Å². The Morgan fingerprint density at radius 1 is 1.24 bits per heavy atom. The summed E-state index contributed by atoms with van der Waals surface area (Å²) in [4.78, 5) is 0. The van der Waals surface area contributed by atoms with E-state index in [-0.39, 0.29) is 6.04 Å². The quantitative estimate of drug-likeness (QED) is 0.842. The smallest absolute Gasteiger partial charge is 0.119 e. The standard InChI is InChI=1S/C14H22N2O/c1-2-17-12-9-7-11(8-10-12)16-14-6-4-3-5-13(14)15/h7-10,13-14,16H,2-6,15H2,1H3/t13-,14-/m0/s1. The van der Waals surface area contributed by atoms with Crippen molar-refractivity contribution in [2.45, 2.75) is 44.7 Å². The summed E-state index contributed by atoms with van der Waals surface area (Å²) in [6, 6.07) is 8.83. The van der Waals surface area contributed by atoms with Crippen molar-refractivity contribution in [1.29, 1.82) is 0 Å². The van der Waals surface area contributed by atoms with Gasteiger partial charge in [0.1, 0.15) is 5.75 Å². The summed E-state index contributed by atoms with van der Waals surface area (Å²) in [5.41, 5.74) is 7.25. The molecule has 1 aromatic carbocycles. The maximum Gasteiger partial charge on any atom is 0.119 e. The van der Waals surface area contributed by atoms with Crippen molar-refractivity contribution in [1.82, 2.24) is 0 Å². The van der Waals surface area contributed by atoms with Crippen LogP contribution in [0.25, 0.3) is 0 Å². The highest BCUT2D eigenvalue weighted by molar-refractivity contribution is 5.47. The number of benzene rings is 1. The van der Waals surface area contributed by atoms with Gasteiger partial charge in [-0.25, -0.2) is 0 Å². The molecular weight excluding hydrogens is 212 g/mol. The van der Waals surface area contributed by atoms with Crippen LogP contribution in [0.5, 0.6) is 5.75 Å². The molecular formula is C14H22N2O. The molecule has 1 aliphatic rings. The first kappa shape index (κ1) is 12.2. The van der Waals surface area contributed by atoms with E-state index in [1.807, 2.05) is 19.1 Å². The fourth-order valence-corrected chi connectivity index (χ4v) is 2.37. The summed E-state index contributed by atoms with van der Waals surface area (Å²) >= 11 is 0. The van der Waals surface area contributed by atoms with E-state index in [2.05, 4.69) is 17.4 Å². The van der Waals surface area contributed by atoms with Crippen molar-refractivity contribution in [3.63, 3.8) is 0 Å². The Morgan fingerprint density at radius 2 is 1.94 bits per heavy atom. The summed E-state index contributed by atoms with van der Waals surface area (Å²) in [6.07, 6.45) is 4.86. The molecule has 0 saturated heterocycles. The molecule has 0 aliphatic heterocycles. The van der Waals surface area contributed by atoms with Crippen LogP contribution in [0.4, 0.5) is 5.69 Å². The monoisotopic (exact) mass is 234 g/mol. The molecule has 17 heavy (non-hydrogen) atoms. The molecule has 0 amide bonds. The van der Waals surface area contributed by atoms with Crippen molar-refractivity contribution in [2.75, 3.05) is 11.9 Å². The van der Waals surface area contributed by atoms with Crippen molar-refractivity contribution in [3.8, 4) is 5.75 Å². The molecule has 1 aliphatic carbocycles. The highest BCUT2D eigenvalue weighted by Crippen LogP contribution is 2.22. The number of ether oxygens (including phenoxy) is 1. The van der Waals surface area contributed by atoms with Crippen LogP contribution in [-0.4, -0.2) is 18.7 Å². The van der Waals surface area contributed by atoms with Gasteiger partial charge in [0, 0.05) is 17.8 Å². The lowest BCUT2D eigenvalue weighted by Crippen LogP contribution is -2.42.